The van der Waals surface area contributed by atoms with Crippen LogP contribution in [-0.4, -0.2) is 52.1 Å². The summed E-state index contributed by atoms with van der Waals surface area (Å²) in [6.07, 6.45) is -1.10. The molecule has 0 unspecified atom stereocenters. The zero-order valence-corrected chi connectivity index (χ0v) is 21.7. The average Bonchev–Trinajstić information content (AvgIpc) is 2.95. The Kier molecular flexibility index (Phi) is 8.04. The highest BCUT2D eigenvalue weighted by atomic mass is 19.4. The van der Waals surface area contributed by atoms with Crippen molar-refractivity contribution in [3.05, 3.63) is 95.4 Å². The Balaban J connectivity index is 1.28. The van der Waals surface area contributed by atoms with Crippen LogP contribution in [0.2, 0.25) is 0 Å². The van der Waals surface area contributed by atoms with Gasteiger partial charge >= 0.3 is 6.18 Å². The van der Waals surface area contributed by atoms with E-state index in [9.17, 15) is 18.0 Å². The summed E-state index contributed by atoms with van der Waals surface area (Å²) in [4.78, 5) is 27.1. The number of carbonyl (C=O) groups is 1. The van der Waals surface area contributed by atoms with Gasteiger partial charge in [0.15, 0.2) is 0 Å². The van der Waals surface area contributed by atoms with Gasteiger partial charge in [-0.15, -0.1) is 0 Å². The number of aryl methyl sites for hydroxylation is 1. The number of ether oxygens (including phenoxy) is 1. The molecule has 2 aromatic carbocycles. The number of rotatable bonds is 7. The number of nitrogens with one attached hydrogen (secondary N) is 2. The maximum absolute atomic E-state index is 13.6. The molecule has 4 aromatic rings. The van der Waals surface area contributed by atoms with E-state index in [1.807, 2.05) is 19.1 Å². The van der Waals surface area contributed by atoms with Gasteiger partial charge in [-0.1, -0.05) is 12.1 Å². The van der Waals surface area contributed by atoms with Gasteiger partial charge in [-0.25, -0.2) is 9.97 Å². The summed E-state index contributed by atoms with van der Waals surface area (Å²) in [5.74, 6) is -0.292. The first-order valence-corrected chi connectivity index (χ1v) is 12.7. The topological polar surface area (TPSA) is 92.3 Å². The highest BCUT2D eigenvalue weighted by Gasteiger charge is 2.35. The molecular weight excluding hydrogens is 521 g/mol. The van der Waals surface area contributed by atoms with Crippen molar-refractivity contribution in [3.8, 4) is 11.3 Å². The number of amides is 1. The first kappa shape index (κ1) is 27.2. The third kappa shape index (κ3) is 6.61. The Morgan fingerprint density at radius 2 is 1.82 bits per heavy atom. The minimum atomic E-state index is -4.63. The van der Waals surface area contributed by atoms with E-state index in [0.717, 1.165) is 55.9 Å². The largest absolute Gasteiger partial charge is 0.419 e. The molecule has 2 N–H and O–H groups in total. The number of aromatic nitrogens is 3. The molecule has 5 rings (SSSR count). The molecule has 1 aliphatic heterocycles. The van der Waals surface area contributed by atoms with E-state index in [2.05, 4.69) is 36.6 Å². The molecule has 1 amide bonds. The Hall–Kier alpha value is -4.35. The molecule has 1 fully saturated rings. The van der Waals surface area contributed by atoms with E-state index in [1.165, 1.54) is 24.5 Å². The summed E-state index contributed by atoms with van der Waals surface area (Å²) in [6.45, 7) is 5.90. The molecule has 8 nitrogen and oxygen atoms in total. The number of carbonyl (C=O) groups excluding carboxylic acids is 1. The SMILES string of the molecule is Cc1ccc(CN2CCOCC2)cc1NC(=O)c1ccc(Nc2ncc(C(F)(F)F)c(-c3cccnc3)n2)cc1. The van der Waals surface area contributed by atoms with Gasteiger partial charge in [-0.2, -0.15) is 13.2 Å². The van der Waals surface area contributed by atoms with Crippen LogP contribution in [0.5, 0.6) is 0 Å². The smallest absolute Gasteiger partial charge is 0.379 e. The van der Waals surface area contributed by atoms with Crippen LogP contribution in [0, 0.1) is 6.92 Å². The second-order valence-electron chi connectivity index (χ2n) is 9.39. The lowest BCUT2D eigenvalue weighted by Crippen LogP contribution is -2.35. The van der Waals surface area contributed by atoms with E-state index in [0.29, 0.717) is 11.3 Å². The molecule has 40 heavy (non-hydrogen) atoms. The molecule has 0 atom stereocenters. The Morgan fingerprint density at radius 3 is 2.52 bits per heavy atom. The van der Waals surface area contributed by atoms with E-state index in [4.69, 9.17) is 4.74 Å². The van der Waals surface area contributed by atoms with Crippen molar-refractivity contribution in [2.45, 2.75) is 19.6 Å². The maximum atomic E-state index is 13.6. The van der Waals surface area contributed by atoms with Crippen molar-refractivity contribution in [1.29, 1.82) is 0 Å². The van der Waals surface area contributed by atoms with E-state index >= 15 is 0 Å². The lowest BCUT2D eigenvalue weighted by Gasteiger charge is -2.26. The number of benzene rings is 2. The lowest BCUT2D eigenvalue weighted by molar-refractivity contribution is -0.137. The van der Waals surface area contributed by atoms with Gasteiger partial charge in [-0.3, -0.25) is 14.7 Å². The van der Waals surface area contributed by atoms with Crippen LogP contribution in [0.15, 0.2) is 73.2 Å². The molecule has 1 saturated heterocycles. The summed E-state index contributed by atoms with van der Waals surface area (Å²) in [6, 6.07) is 15.6. The van der Waals surface area contributed by atoms with Gasteiger partial charge < -0.3 is 15.4 Å². The van der Waals surface area contributed by atoms with Crippen LogP contribution < -0.4 is 10.6 Å². The van der Waals surface area contributed by atoms with Crippen molar-refractivity contribution in [3.63, 3.8) is 0 Å². The van der Waals surface area contributed by atoms with Gasteiger partial charge in [0, 0.05) is 60.7 Å². The standard InChI is InChI=1S/C29H27F3N6O2/c1-19-4-5-20(18-38-11-13-40-14-12-38)15-25(19)36-27(39)21-6-8-23(9-7-21)35-28-34-17-24(29(30,31)32)26(37-28)22-3-2-10-33-16-22/h2-10,15-17H,11-14,18H2,1H3,(H,36,39)(H,34,35,37). The molecule has 11 heteroatoms. The maximum Gasteiger partial charge on any atom is 0.419 e. The number of pyridine rings is 1. The molecule has 3 heterocycles. The van der Waals surface area contributed by atoms with Crippen LogP contribution in [0.4, 0.5) is 30.5 Å². The number of alkyl halides is 3. The average molecular weight is 549 g/mol. The molecule has 0 radical (unpaired) electrons. The summed E-state index contributed by atoms with van der Waals surface area (Å²) in [7, 11) is 0. The second-order valence-corrected chi connectivity index (χ2v) is 9.39. The molecule has 206 valence electrons. The summed E-state index contributed by atoms with van der Waals surface area (Å²) in [5.41, 5.74) is 2.70. The normalized spacial score (nSPS) is 14.1. The van der Waals surface area contributed by atoms with Crippen molar-refractivity contribution in [2.75, 3.05) is 36.9 Å². The first-order valence-electron chi connectivity index (χ1n) is 12.7. The van der Waals surface area contributed by atoms with Gasteiger partial charge in [0.2, 0.25) is 5.95 Å². The Bertz CT molecular complexity index is 1470. The van der Waals surface area contributed by atoms with Crippen LogP contribution in [0.25, 0.3) is 11.3 Å². The molecular formula is C29H27F3N6O2. The fraction of sp³-hybridized carbons (Fsp3) is 0.241. The number of anilines is 3. The molecule has 1 aliphatic rings. The van der Waals surface area contributed by atoms with Crippen molar-refractivity contribution in [2.24, 2.45) is 0 Å². The highest BCUT2D eigenvalue weighted by Crippen LogP contribution is 2.36. The van der Waals surface area contributed by atoms with Crippen molar-refractivity contribution >= 4 is 23.2 Å². The van der Waals surface area contributed by atoms with Crippen LogP contribution in [0.1, 0.15) is 27.0 Å². The van der Waals surface area contributed by atoms with Crippen LogP contribution in [-0.2, 0) is 17.5 Å². The third-order valence-electron chi connectivity index (χ3n) is 6.49. The fourth-order valence-corrected chi connectivity index (χ4v) is 4.32. The van der Waals surface area contributed by atoms with Crippen molar-refractivity contribution in [1.82, 2.24) is 19.9 Å². The molecule has 0 saturated carbocycles. The highest BCUT2D eigenvalue weighted by molar-refractivity contribution is 6.04. The van der Waals surface area contributed by atoms with E-state index in [-0.39, 0.29) is 23.1 Å². The van der Waals surface area contributed by atoms with E-state index in [1.54, 1.807) is 24.3 Å². The van der Waals surface area contributed by atoms with Crippen LogP contribution >= 0.6 is 0 Å². The second kappa shape index (κ2) is 11.8. The van der Waals surface area contributed by atoms with E-state index < -0.39 is 11.7 Å². The fourth-order valence-electron chi connectivity index (χ4n) is 4.32. The minimum absolute atomic E-state index is 0.0169. The monoisotopic (exact) mass is 548 g/mol. The summed E-state index contributed by atoms with van der Waals surface area (Å²) in [5, 5.41) is 5.89. The minimum Gasteiger partial charge on any atom is -0.379 e. The summed E-state index contributed by atoms with van der Waals surface area (Å²) >= 11 is 0. The number of hydrogen-bond donors (Lipinski definition) is 2. The number of halogens is 3. The van der Waals surface area contributed by atoms with Gasteiger partial charge in [0.1, 0.15) is 5.56 Å². The number of morpholine rings is 1. The molecule has 0 spiro atoms. The Morgan fingerprint density at radius 1 is 1.05 bits per heavy atom. The predicted molar refractivity (Wildman–Crippen MR) is 145 cm³/mol. The lowest BCUT2D eigenvalue weighted by atomic mass is 10.1. The number of nitrogens with zero attached hydrogens (tertiary/aromatic N) is 4. The summed E-state index contributed by atoms with van der Waals surface area (Å²) < 4.78 is 46.1. The molecule has 2 aromatic heterocycles. The van der Waals surface area contributed by atoms with Crippen molar-refractivity contribution < 1.29 is 22.7 Å². The zero-order valence-electron chi connectivity index (χ0n) is 21.7. The van der Waals surface area contributed by atoms with Gasteiger partial charge in [-0.05, 0) is 60.5 Å². The Labute approximate surface area is 229 Å². The molecule has 0 aliphatic carbocycles. The quantitative estimate of drug-likeness (QED) is 0.306. The zero-order chi connectivity index (χ0) is 28.1. The first-order chi connectivity index (χ1) is 19.3. The molecule has 0 bridgehead atoms. The van der Waals surface area contributed by atoms with Crippen LogP contribution in [0.3, 0.4) is 0 Å². The van der Waals surface area contributed by atoms with Gasteiger partial charge in [0.25, 0.3) is 5.91 Å². The van der Waals surface area contributed by atoms with Gasteiger partial charge in [0.05, 0.1) is 18.9 Å². The third-order valence-corrected chi connectivity index (χ3v) is 6.49. The predicted octanol–water partition coefficient (Wildman–Crippen LogP) is 5.69. The number of hydrogen-bond acceptors (Lipinski definition) is 7.